The second-order valence-electron chi connectivity index (χ2n) is 6.09. The minimum absolute atomic E-state index is 0.0363. The average molecular weight is 450 g/mol. The predicted molar refractivity (Wildman–Crippen MR) is 112 cm³/mol. The first-order valence-corrected chi connectivity index (χ1v) is 9.46. The van der Waals surface area contributed by atoms with Crippen LogP contribution in [0.4, 0.5) is 5.69 Å². The summed E-state index contributed by atoms with van der Waals surface area (Å²) in [6, 6.07) is 11.4. The number of nitro groups is 1. The fourth-order valence-corrected chi connectivity index (χ4v) is 3.67. The lowest BCUT2D eigenvalue weighted by atomic mass is 10.2. The molecule has 148 valence electrons. The van der Waals surface area contributed by atoms with Crippen molar-refractivity contribution in [1.29, 1.82) is 0 Å². The van der Waals surface area contributed by atoms with Gasteiger partial charge in [0, 0.05) is 22.2 Å². The molecule has 1 aromatic heterocycles. The number of rotatable bonds is 5. The summed E-state index contributed by atoms with van der Waals surface area (Å²) in [6.07, 6.45) is 1.63. The Labute approximate surface area is 180 Å². The van der Waals surface area contributed by atoms with Crippen LogP contribution in [0.2, 0.25) is 10.0 Å². The van der Waals surface area contributed by atoms with Crippen LogP contribution in [0.25, 0.3) is 5.69 Å². The lowest BCUT2D eigenvalue weighted by Crippen LogP contribution is -2.40. The maximum Gasteiger partial charge on any atom is 0.269 e. The van der Waals surface area contributed by atoms with E-state index in [-0.39, 0.29) is 5.69 Å². The van der Waals surface area contributed by atoms with Crippen LogP contribution < -0.4 is 11.1 Å². The molecule has 0 radical (unpaired) electrons. The smallest absolute Gasteiger partial charge is 0.266 e. The van der Waals surface area contributed by atoms with E-state index in [1.165, 1.54) is 12.1 Å². The number of amidine groups is 1. The number of hydrazone groups is 1. The van der Waals surface area contributed by atoms with Crippen LogP contribution >= 0.6 is 35.8 Å². The van der Waals surface area contributed by atoms with Gasteiger partial charge in [-0.1, -0.05) is 35.3 Å². The molecule has 0 fully saturated rings. The summed E-state index contributed by atoms with van der Waals surface area (Å²) in [5.41, 5.74) is 7.85. The number of non-ortho nitro benzene ring substituents is 1. The Hall–Kier alpha value is -2.79. The van der Waals surface area contributed by atoms with Crippen LogP contribution in [0.5, 0.6) is 0 Å². The molecule has 0 amide bonds. The monoisotopic (exact) mass is 449 g/mol. The number of hydrazine groups is 2. The number of nitrogens with zero attached hydrogens (tertiary/aromatic N) is 5. The average Bonchev–Trinajstić information content (AvgIpc) is 3.27. The molecule has 0 spiro atoms. The highest BCUT2D eigenvalue weighted by molar-refractivity contribution is 7.80. The lowest BCUT2D eigenvalue weighted by Gasteiger charge is -2.18. The third-order valence-electron chi connectivity index (χ3n) is 4.17. The third-order valence-corrected chi connectivity index (χ3v) is 5.03. The molecular weight excluding hydrogens is 437 g/mol. The highest BCUT2D eigenvalue weighted by atomic mass is 35.5. The van der Waals surface area contributed by atoms with Crippen molar-refractivity contribution in [3.8, 4) is 5.69 Å². The van der Waals surface area contributed by atoms with Crippen molar-refractivity contribution in [2.75, 3.05) is 0 Å². The molecule has 29 heavy (non-hydrogen) atoms. The molecule has 0 bridgehead atoms. The van der Waals surface area contributed by atoms with Gasteiger partial charge in [0.15, 0.2) is 5.84 Å². The maximum atomic E-state index is 10.8. The van der Waals surface area contributed by atoms with Crippen LogP contribution in [0.3, 0.4) is 0 Å². The summed E-state index contributed by atoms with van der Waals surface area (Å²) in [5, 5.41) is 22.7. The van der Waals surface area contributed by atoms with E-state index in [0.717, 1.165) is 5.56 Å². The molecule has 0 atom stereocenters. The summed E-state index contributed by atoms with van der Waals surface area (Å²) in [6.45, 7) is 0.408. The van der Waals surface area contributed by atoms with Crippen LogP contribution in [0, 0.1) is 10.1 Å². The van der Waals surface area contributed by atoms with Crippen molar-refractivity contribution in [3.05, 3.63) is 79.9 Å². The van der Waals surface area contributed by atoms with Gasteiger partial charge < -0.3 is 0 Å². The fourth-order valence-electron chi connectivity index (χ4n) is 2.83. The molecule has 0 saturated carbocycles. The van der Waals surface area contributed by atoms with Crippen molar-refractivity contribution in [1.82, 2.24) is 25.9 Å². The fraction of sp³-hybridized carbons (Fsp3) is 0.0588. The summed E-state index contributed by atoms with van der Waals surface area (Å²) in [4.78, 5) is 10.4. The number of aromatic nitrogens is 2. The second-order valence-corrected chi connectivity index (χ2v) is 7.39. The topological polar surface area (TPSA) is 101 Å². The molecule has 2 aromatic carbocycles. The van der Waals surface area contributed by atoms with Gasteiger partial charge in [-0.25, -0.2) is 10.2 Å². The van der Waals surface area contributed by atoms with E-state index in [9.17, 15) is 10.1 Å². The highest BCUT2D eigenvalue weighted by Crippen LogP contribution is 2.26. The van der Waals surface area contributed by atoms with E-state index in [0.29, 0.717) is 38.7 Å². The number of nitrogens with one attached hydrogen (secondary N) is 2. The molecule has 0 unspecified atom stereocenters. The molecule has 3 aromatic rings. The Morgan fingerprint density at radius 2 is 1.83 bits per heavy atom. The van der Waals surface area contributed by atoms with Gasteiger partial charge >= 0.3 is 0 Å². The number of nitro benzene ring substituents is 1. The zero-order chi connectivity index (χ0) is 20.5. The zero-order valence-electron chi connectivity index (χ0n) is 14.6. The van der Waals surface area contributed by atoms with Gasteiger partial charge in [-0.3, -0.25) is 15.1 Å². The van der Waals surface area contributed by atoms with E-state index in [4.69, 9.17) is 23.2 Å². The molecular formula is C17H13Cl2N7O2S. The molecule has 9 nitrogen and oxygen atoms in total. The number of benzene rings is 2. The molecule has 1 aliphatic rings. The maximum absolute atomic E-state index is 10.8. The van der Waals surface area contributed by atoms with Gasteiger partial charge in [-0.05, 0) is 23.8 Å². The Bertz CT molecular complexity index is 1100. The van der Waals surface area contributed by atoms with E-state index >= 15 is 0 Å². The second kappa shape index (κ2) is 7.91. The van der Waals surface area contributed by atoms with Gasteiger partial charge in [0.05, 0.1) is 28.9 Å². The third kappa shape index (κ3) is 4.01. The summed E-state index contributed by atoms with van der Waals surface area (Å²) in [5.74, 6) is 0.563. The zero-order valence-corrected chi connectivity index (χ0v) is 17.0. The van der Waals surface area contributed by atoms with Crippen LogP contribution in [-0.2, 0) is 6.54 Å². The van der Waals surface area contributed by atoms with Gasteiger partial charge in [0.2, 0.25) is 0 Å². The Balaban J connectivity index is 1.59. The quantitative estimate of drug-likeness (QED) is 0.312. The summed E-state index contributed by atoms with van der Waals surface area (Å²) >= 11 is 16.8. The van der Waals surface area contributed by atoms with Crippen LogP contribution in [-0.4, -0.2) is 25.5 Å². The highest BCUT2D eigenvalue weighted by Gasteiger charge is 2.24. The number of hydrogen-bond donors (Lipinski definition) is 3. The van der Waals surface area contributed by atoms with Gasteiger partial charge in [0.1, 0.15) is 5.03 Å². The van der Waals surface area contributed by atoms with Crippen LogP contribution in [0.1, 0.15) is 11.1 Å². The van der Waals surface area contributed by atoms with E-state index in [1.54, 1.807) is 46.2 Å². The number of thiol groups is 1. The van der Waals surface area contributed by atoms with Crippen molar-refractivity contribution in [2.24, 2.45) is 5.10 Å². The first-order valence-electron chi connectivity index (χ1n) is 8.25. The predicted octanol–water partition coefficient (Wildman–Crippen LogP) is 3.56. The Kier molecular flexibility index (Phi) is 5.33. The normalized spacial score (nSPS) is 13.3. The first-order chi connectivity index (χ1) is 13.9. The molecule has 2 heterocycles. The minimum Gasteiger partial charge on any atom is -0.266 e. The Morgan fingerprint density at radius 1 is 1.14 bits per heavy atom. The van der Waals surface area contributed by atoms with E-state index in [1.807, 2.05) is 0 Å². The molecule has 0 saturated heterocycles. The molecule has 2 N–H and O–H groups in total. The van der Waals surface area contributed by atoms with Crippen molar-refractivity contribution in [2.45, 2.75) is 11.6 Å². The summed E-state index contributed by atoms with van der Waals surface area (Å²) < 4.78 is 1.60. The standard InChI is InChI=1S/C17H13Cl2N7O2S/c18-11-5-12(19)7-14(6-11)25-17(29)15(8-20-25)16-21-22-23-24(16)9-10-1-3-13(4-2-10)26(27)28/h1-8,22-23,29H,9H2. The minimum atomic E-state index is -0.435. The largest absolute Gasteiger partial charge is 0.269 e. The molecule has 4 rings (SSSR count). The van der Waals surface area contributed by atoms with Gasteiger partial charge in [0.25, 0.3) is 5.69 Å². The van der Waals surface area contributed by atoms with E-state index < -0.39 is 4.92 Å². The van der Waals surface area contributed by atoms with Crippen molar-refractivity contribution < 1.29 is 4.92 Å². The molecule has 1 aliphatic heterocycles. The molecule has 0 aliphatic carbocycles. The number of halogens is 2. The van der Waals surface area contributed by atoms with Gasteiger partial charge in [-0.2, -0.15) is 5.10 Å². The van der Waals surface area contributed by atoms with Crippen molar-refractivity contribution >= 4 is 47.4 Å². The van der Waals surface area contributed by atoms with E-state index in [2.05, 4.69) is 33.9 Å². The SMILES string of the molecule is O=[N+]([O-])c1ccc(CN2NNN=C2c2cnn(-c3cc(Cl)cc(Cl)c3)c2S)cc1. The molecule has 12 heteroatoms. The summed E-state index contributed by atoms with van der Waals surface area (Å²) in [7, 11) is 0. The van der Waals surface area contributed by atoms with Crippen molar-refractivity contribution in [3.63, 3.8) is 0 Å². The lowest BCUT2D eigenvalue weighted by molar-refractivity contribution is -0.384. The number of hydrogen-bond acceptors (Lipinski definition) is 8. The Morgan fingerprint density at radius 3 is 2.48 bits per heavy atom. The van der Waals surface area contributed by atoms with Crippen LogP contribution in [0.15, 0.2) is 58.8 Å². The first kappa shape index (κ1) is 19.5. The van der Waals surface area contributed by atoms with Gasteiger partial charge in [-0.15, -0.1) is 23.3 Å².